The molecule has 1 N–H and O–H groups in total. The fourth-order valence-electron chi connectivity index (χ4n) is 5.58. The predicted octanol–water partition coefficient (Wildman–Crippen LogP) is 5.17. The molecule has 0 amide bonds. The van der Waals surface area contributed by atoms with Gasteiger partial charge < -0.3 is 0 Å². The van der Waals surface area contributed by atoms with E-state index in [9.17, 15) is 34.4 Å². The minimum absolute atomic E-state index is 0.0323. The highest BCUT2D eigenvalue weighted by Crippen LogP contribution is 2.52. The second-order valence-corrected chi connectivity index (χ2v) is 14.1. The molecular weight excluding hydrogens is 525 g/mol. The number of sulfonamides is 1. The average molecular weight is 552 g/mol. The normalized spacial score (nSPS) is 28.6. The van der Waals surface area contributed by atoms with Crippen molar-refractivity contribution in [1.82, 2.24) is 4.72 Å². The van der Waals surface area contributed by atoms with E-state index in [4.69, 9.17) is 0 Å². The van der Waals surface area contributed by atoms with Gasteiger partial charge in [0.15, 0.2) is 9.84 Å². The summed E-state index contributed by atoms with van der Waals surface area (Å²) in [7, 11) is -8.20. The maximum atomic E-state index is 15.1. The molecule has 4 atom stereocenters. The fraction of sp³-hybridized carbons (Fsp3) is 0.500. The van der Waals surface area contributed by atoms with Gasteiger partial charge in [-0.25, -0.2) is 30.3 Å². The third kappa shape index (κ3) is 4.56. The number of rotatable bonds is 4. The molecule has 4 unspecified atom stereocenters. The number of hydrogen-bond acceptors (Lipinski definition) is 4. The topological polar surface area (TPSA) is 80.3 Å². The molecule has 0 spiro atoms. The van der Waals surface area contributed by atoms with E-state index in [2.05, 4.69) is 4.72 Å². The molecule has 0 bridgehead atoms. The first kappa shape index (κ1) is 27.0. The van der Waals surface area contributed by atoms with Crippen LogP contribution in [0.25, 0.3) is 0 Å². The summed E-state index contributed by atoms with van der Waals surface area (Å²) in [5.74, 6) is -2.61. The van der Waals surface area contributed by atoms with Crippen molar-refractivity contribution in [3.8, 4) is 0 Å². The molecule has 2 aromatic carbocycles. The number of halogens is 5. The Hall–Kier alpha value is -2.05. The number of benzene rings is 2. The zero-order valence-corrected chi connectivity index (χ0v) is 21.2. The zero-order valence-electron chi connectivity index (χ0n) is 19.5. The molecular formula is C24H26F5NO4S2. The van der Waals surface area contributed by atoms with E-state index in [1.54, 1.807) is 13.8 Å². The molecule has 2 fully saturated rings. The summed E-state index contributed by atoms with van der Waals surface area (Å²) >= 11 is 0. The maximum Gasteiger partial charge on any atom is 0.416 e. The fourth-order valence-corrected chi connectivity index (χ4v) is 9.91. The van der Waals surface area contributed by atoms with Gasteiger partial charge in [-0.2, -0.15) is 13.2 Å². The Kier molecular flexibility index (Phi) is 6.79. The van der Waals surface area contributed by atoms with Gasteiger partial charge in [0.1, 0.15) is 16.4 Å². The molecule has 1 saturated heterocycles. The lowest BCUT2D eigenvalue weighted by molar-refractivity contribution is -0.137. The van der Waals surface area contributed by atoms with Crippen LogP contribution in [0.5, 0.6) is 0 Å². The van der Waals surface area contributed by atoms with Crippen LogP contribution in [0.15, 0.2) is 47.4 Å². The molecule has 2 aliphatic rings. The molecule has 0 radical (unpaired) electrons. The number of alkyl halides is 3. The van der Waals surface area contributed by atoms with Crippen LogP contribution in [-0.2, 0) is 30.8 Å². The van der Waals surface area contributed by atoms with Crippen molar-refractivity contribution in [1.29, 1.82) is 0 Å². The van der Waals surface area contributed by atoms with Crippen LogP contribution in [0.3, 0.4) is 0 Å². The third-order valence-electron chi connectivity index (χ3n) is 7.44. The highest BCUT2D eigenvalue weighted by atomic mass is 32.2. The molecule has 2 aromatic rings. The SMILES string of the molecule is CC(C)C1CC2CC(c3cc(F)ccc3F)(S(=O)(=O)c3ccc(C(F)(F)F)cc3)CCC2NS1(=O)=O. The molecule has 198 valence electrons. The van der Waals surface area contributed by atoms with Gasteiger partial charge in [-0.15, -0.1) is 0 Å². The molecule has 1 heterocycles. The minimum atomic E-state index is -4.68. The first-order valence-electron chi connectivity index (χ1n) is 11.5. The lowest BCUT2D eigenvalue weighted by Gasteiger charge is -2.48. The van der Waals surface area contributed by atoms with Crippen LogP contribution in [0.4, 0.5) is 22.0 Å². The van der Waals surface area contributed by atoms with E-state index in [1.165, 1.54) is 0 Å². The number of hydrogen-bond donors (Lipinski definition) is 1. The van der Waals surface area contributed by atoms with E-state index in [1.807, 2.05) is 0 Å². The smallest absolute Gasteiger partial charge is 0.223 e. The van der Waals surface area contributed by atoms with E-state index in [0.717, 1.165) is 30.3 Å². The number of nitrogens with one attached hydrogen (secondary N) is 1. The molecule has 1 aliphatic heterocycles. The lowest BCUT2D eigenvalue weighted by Crippen LogP contribution is -2.58. The highest BCUT2D eigenvalue weighted by molar-refractivity contribution is 7.92. The van der Waals surface area contributed by atoms with Gasteiger partial charge in [-0.05, 0) is 80.0 Å². The molecule has 12 heteroatoms. The molecule has 36 heavy (non-hydrogen) atoms. The van der Waals surface area contributed by atoms with Gasteiger partial charge in [-0.1, -0.05) is 13.8 Å². The minimum Gasteiger partial charge on any atom is -0.223 e. The van der Waals surface area contributed by atoms with Crippen LogP contribution in [0.1, 0.15) is 50.7 Å². The summed E-state index contributed by atoms with van der Waals surface area (Å²) in [4.78, 5) is -0.450. The van der Waals surface area contributed by atoms with Crippen molar-refractivity contribution in [2.75, 3.05) is 0 Å². The van der Waals surface area contributed by atoms with E-state index in [0.29, 0.717) is 12.1 Å². The first-order chi connectivity index (χ1) is 16.6. The van der Waals surface area contributed by atoms with Gasteiger partial charge in [0, 0.05) is 11.6 Å². The van der Waals surface area contributed by atoms with Crippen LogP contribution < -0.4 is 4.72 Å². The molecule has 1 saturated carbocycles. The Bertz CT molecular complexity index is 1360. The van der Waals surface area contributed by atoms with Gasteiger partial charge in [0.2, 0.25) is 10.0 Å². The van der Waals surface area contributed by atoms with Crippen molar-refractivity contribution < 1.29 is 38.8 Å². The van der Waals surface area contributed by atoms with Crippen molar-refractivity contribution in [2.45, 2.75) is 66.6 Å². The van der Waals surface area contributed by atoms with Crippen molar-refractivity contribution >= 4 is 19.9 Å². The van der Waals surface area contributed by atoms with Gasteiger partial charge in [-0.3, -0.25) is 0 Å². The Morgan fingerprint density at radius 1 is 1.06 bits per heavy atom. The monoisotopic (exact) mass is 551 g/mol. The Balaban J connectivity index is 1.85. The quantitative estimate of drug-likeness (QED) is 0.532. The summed E-state index contributed by atoms with van der Waals surface area (Å²) in [6.45, 7) is 3.46. The van der Waals surface area contributed by atoms with Gasteiger partial charge in [0.05, 0.1) is 15.7 Å². The van der Waals surface area contributed by atoms with E-state index in [-0.39, 0.29) is 31.6 Å². The lowest BCUT2D eigenvalue weighted by atomic mass is 9.72. The predicted molar refractivity (Wildman–Crippen MR) is 123 cm³/mol. The van der Waals surface area contributed by atoms with Crippen LogP contribution in [0.2, 0.25) is 0 Å². The summed E-state index contributed by atoms with van der Waals surface area (Å²) in [6, 6.07) is 4.82. The number of fused-ring (bicyclic) bond motifs is 1. The largest absolute Gasteiger partial charge is 0.416 e. The van der Waals surface area contributed by atoms with E-state index < -0.39 is 75.7 Å². The second kappa shape index (κ2) is 9.05. The molecule has 0 aromatic heterocycles. The van der Waals surface area contributed by atoms with Crippen molar-refractivity contribution in [2.24, 2.45) is 11.8 Å². The van der Waals surface area contributed by atoms with E-state index >= 15 is 4.39 Å². The summed E-state index contributed by atoms with van der Waals surface area (Å²) in [5, 5.41) is -0.805. The van der Waals surface area contributed by atoms with Gasteiger partial charge >= 0.3 is 6.18 Å². The summed E-state index contributed by atoms with van der Waals surface area (Å²) in [5.41, 5.74) is -1.45. The summed E-state index contributed by atoms with van der Waals surface area (Å²) in [6.07, 6.45) is -4.98. The Morgan fingerprint density at radius 3 is 2.28 bits per heavy atom. The van der Waals surface area contributed by atoms with Crippen molar-refractivity contribution in [3.05, 3.63) is 65.2 Å². The standard InChI is InChI=1S/C24H26F5NO4S2/c1-14(2)22-11-15-13-23(10-9-21(15)30-36(22,33)34,19-12-17(25)5-8-20(19)26)35(31,32)18-6-3-16(4-7-18)24(27,28)29/h3-8,12,14-15,21-22,30H,9-11,13H2,1-2H3. The first-order valence-corrected chi connectivity index (χ1v) is 14.5. The van der Waals surface area contributed by atoms with Crippen LogP contribution in [0, 0.1) is 23.5 Å². The molecule has 1 aliphatic carbocycles. The number of sulfone groups is 1. The summed E-state index contributed by atoms with van der Waals surface area (Å²) < 4.78 is 123. The Morgan fingerprint density at radius 2 is 1.69 bits per heavy atom. The molecule has 5 nitrogen and oxygen atoms in total. The van der Waals surface area contributed by atoms with Gasteiger partial charge in [0.25, 0.3) is 0 Å². The Labute approximate surface area is 207 Å². The average Bonchev–Trinajstić information content (AvgIpc) is 2.78. The highest BCUT2D eigenvalue weighted by Gasteiger charge is 2.55. The second-order valence-electron chi connectivity index (χ2n) is 9.93. The zero-order chi connectivity index (χ0) is 26.7. The van der Waals surface area contributed by atoms with Crippen molar-refractivity contribution in [3.63, 3.8) is 0 Å². The van der Waals surface area contributed by atoms with Crippen LogP contribution >= 0.6 is 0 Å². The maximum absolute atomic E-state index is 15.1. The third-order valence-corrected chi connectivity index (χ3v) is 12.1. The van der Waals surface area contributed by atoms with Crippen LogP contribution in [-0.4, -0.2) is 28.1 Å². The molecule has 4 rings (SSSR count).